The van der Waals surface area contributed by atoms with E-state index in [9.17, 15) is 0 Å². The predicted octanol–water partition coefficient (Wildman–Crippen LogP) is 1.52. The molecule has 2 heteroatoms. The lowest BCUT2D eigenvalue weighted by atomic mass is 9.50. The molecule has 0 spiro atoms. The van der Waals surface area contributed by atoms with Crippen LogP contribution in [0.1, 0.15) is 32.1 Å². The van der Waals surface area contributed by atoms with Crippen LogP contribution in [0.5, 0.6) is 0 Å². The Morgan fingerprint density at radius 2 is 1.60 bits per heavy atom. The first-order valence-electron chi connectivity index (χ1n) is 6.24. The zero-order valence-electron chi connectivity index (χ0n) is 9.15. The minimum atomic E-state index is 0.111. The van der Waals surface area contributed by atoms with Gasteiger partial charge in [0.25, 0.3) is 0 Å². The van der Waals surface area contributed by atoms with Crippen LogP contribution in [0.15, 0.2) is 0 Å². The zero-order chi connectivity index (χ0) is 10.4. The van der Waals surface area contributed by atoms with Gasteiger partial charge >= 0.3 is 0 Å². The quantitative estimate of drug-likeness (QED) is 0.406. The van der Waals surface area contributed by atoms with E-state index in [1.807, 2.05) is 0 Å². The van der Waals surface area contributed by atoms with Gasteiger partial charge in [0.15, 0.2) is 0 Å². The lowest BCUT2D eigenvalue weighted by Gasteiger charge is -2.55. The van der Waals surface area contributed by atoms with E-state index in [2.05, 4.69) is 11.3 Å². The summed E-state index contributed by atoms with van der Waals surface area (Å²) < 4.78 is 0. The number of hydrogen-bond acceptors (Lipinski definition) is 2. The molecule has 15 heavy (non-hydrogen) atoms. The molecule has 0 aromatic heterocycles. The molecule has 4 aliphatic carbocycles. The van der Waals surface area contributed by atoms with Crippen LogP contribution in [0, 0.1) is 41.9 Å². The van der Waals surface area contributed by atoms with Crippen molar-refractivity contribution in [3.05, 3.63) is 0 Å². The highest BCUT2D eigenvalue weighted by Gasteiger charge is 2.50. The van der Waals surface area contributed by atoms with Crippen LogP contribution in [0.2, 0.25) is 0 Å². The standard InChI is InChI=1S/C13H20N2/c1-2-12(15-14)13-10-4-8-3-9(6-10)7-11(13)5-8/h1,8-13,15H,3-7,14H2. The van der Waals surface area contributed by atoms with Crippen LogP contribution in [0.25, 0.3) is 0 Å². The van der Waals surface area contributed by atoms with E-state index in [4.69, 9.17) is 12.3 Å². The average molecular weight is 204 g/mol. The van der Waals surface area contributed by atoms with E-state index in [0.717, 1.165) is 23.7 Å². The molecule has 4 saturated carbocycles. The van der Waals surface area contributed by atoms with Crippen LogP contribution < -0.4 is 11.3 Å². The number of nitrogens with two attached hydrogens (primary N) is 1. The molecule has 4 bridgehead atoms. The van der Waals surface area contributed by atoms with E-state index in [0.29, 0.717) is 5.92 Å². The van der Waals surface area contributed by atoms with E-state index in [1.165, 1.54) is 32.1 Å². The lowest BCUT2D eigenvalue weighted by Crippen LogP contribution is -2.53. The molecule has 4 fully saturated rings. The van der Waals surface area contributed by atoms with Gasteiger partial charge in [-0.1, -0.05) is 5.92 Å². The number of rotatable bonds is 2. The molecule has 4 aliphatic rings. The second-order valence-corrected chi connectivity index (χ2v) is 5.82. The van der Waals surface area contributed by atoms with Gasteiger partial charge < -0.3 is 0 Å². The minimum Gasteiger partial charge on any atom is -0.270 e. The summed E-state index contributed by atoms with van der Waals surface area (Å²) >= 11 is 0. The fourth-order valence-corrected chi connectivity index (χ4v) is 4.78. The topological polar surface area (TPSA) is 38.0 Å². The van der Waals surface area contributed by atoms with Gasteiger partial charge in [-0.25, -0.2) is 5.43 Å². The predicted molar refractivity (Wildman–Crippen MR) is 60.5 cm³/mol. The Kier molecular flexibility index (Phi) is 2.26. The number of nitrogens with one attached hydrogen (secondary N) is 1. The zero-order valence-corrected chi connectivity index (χ0v) is 9.15. The van der Waals surface area contributed by atoms with Crippen molar-refractivity contribution in [2.45, 2.75) is 38.1 Å². The van der Waals surface area contributed by atoms with E-state index >= 15 is 0 Å². The van der Waals surface area contributed by atoms with Crippen molar-refractivity contribution in [1.29, 1.82) is 0 Å². The Labute approximate surface area is 92.0 Å². The van der Waals surface area contributed by atoms with E-state index in [1.54, 1.807) is 0 Å². The van der Waals surface area contributed by atoms with Crippen LogP contribution in [-0.2, 0) is 0 Å². The molecule has 0 saturated heterocycles. The molecule has 0 aromatic carbocycles. The highest BCUT2D eigenvalue weighted by atomic mass is 15.2. The Morgan fingerprint density at radius 1 is 1.07 bits per heavy atom. The molecule has 1 unspecified atom stereocenters. The largest absolute Gasteiger partial charge is 0.270 e. The van der Waals surface area contributed by atoms with Crippen LogP contribution in [-0.4, -0.2) is 6.04 Å². The molecule has 0 heterocycles. The van der Waals surface area contributed by atoms with E-state index < -0.39 is 0 Å². The SMILES string of the molecule is C#CC(NN)C1C2CC3CC(C2)CC1C3. The van der Waals surface area contributed by atoms with Crippen molar-refractivity contribution in [2.24, 2.45) is 35.4 Å². The van der Waals surface area contributed by atoms with Crippen molar-refractivity contribution in [3.8, 4) is 12.3 Å². The smallest absolute Gasteiger partial charge is 0.0848 e. The van der Waals surface area contributed by atoms with Gasteiger partial charge in [0, 0.05) is 0 Å². The Balaban J connectivity index is 1.83. The molecule has 2 nitrogen and oxygen atoms in total. The Hall–Kier alpha value is -0.520. The molecule has 82 valence electrons. The van der Waals surface area contributed by atoms with Crippen LogP contribution in [0.4, 0.5) is 0 Å². The lowest BCUT2D eigenvalue weighted by molar-refractivity contribution is -0.0440. The molecule has 3 N–H and O–H groups in total. The molecule has 0 aliphatic heterocycles. The third-order valence-corrected chi connectivity index (χ3v) is 5.04. The van der Waals surface area contributed by atoms with Gasteiger partial charge in [0.1, 0.15) is 0 Å². The third kappa shape index (κ3) is 1.41. The Morgan fingerprint density at radius 3 is 2.00 bits per heavy atom. The van der Waals surface area contributed by atoms with Crippen molar-refractivity contribution in [1.82, 2.24) is 5.43 Å². The van der Waals surface area contributed by atoms with Crippen molar-refractivity contribution in [2.75, 3.05) is 0 Å². The van der Waals surface area contributed by atoms with Crippen molar-refractivity contribution < 1.29 is 0 Å². The number of hydrogen-bond donors (Lipinski definition) is 2. The minimum absolute atomic E-state index is 0.111. The van der Waals surface area contributed by atoms with Gasteiger partial charge in [-0.15, -0.1) is 6.42 Å². The monoisotopic (exact) mass is 204 g/mol. The summed E-state index contributed by atoms with van der Waals surface area (Å²) in [6.07, 6.45) is 12.7. The highest BCUT2D eigenvalue weighted by molar-refractivity contribution is 5.09. The maximum atomic E-state index is 5.57. The normalized spacial score (nSPS) is 48.9. The molecule has 0 amide bonds. The first-order chi connectivity index (χ1) is 7.31. The summed E-state index contributed by atoms with van der Waals surface area (Å²) in [4.78, 5) is 0. The maximum absolute atomic E-state index is 5.57. The van der Waals surface area contributed by atoms with Gasteiger partial charge in [-0.2, -0.15) is 0 Å². The van der Waals surface area contributed by atoms with Gasteiger partial charge in [-0.05, 0) is 61.7 Å². The van der Waals surface area contributed by atoms with Gasteiger partial charge in [-0.3, -0.25) is 5.84 Å². The summed E-state index contributed by atoms with van der Waals surface area (Å²) in [5, 5.41) is 0. The van der Waals surface area contributed by atoms with E-state index in [-0.39, 0.29) is 6.04 Å². The van der Waals surface area contributed by atoms with Crippen molar-refractivity contribution in [3.63, 3.8) is 0 Å². The van der Waals surface area contributed by atoms with Gasteiger partial charge in [0.2, 0.25) is 0 Å². The summed E-state index contributed by atoms with van der Waals surface area (Å²) in [5.41, 5.74) is 2.84. The molecule has 1 atom stereocenters. The van der Waals surface area contributed by atoms with Gasteiger partial charge in [0.05, 0.1) is 6.04 Å². The summed E-state index contributed by atoms with van der Waals surface area (Å²) in [5.74, 6) is 12.8. The fourth-order valence-electron chi connectivity index (χ4n) is 4.78. The Bertz CT molecular complexity index is 263. The summed E-state index contributed by atoms with van der Waals surface area (Å²) in [6.45, 7) is 0. The van der Waals surface area contributed by atoms with Crippen molar-refractivity contribution >= 4 is 0 Å². The summed E-state index contributed by atoms with van der Waals surface area (Å²) in [7, 11) is 0. The number of terminal acetylenes is 1. The first kappa shape index (κ1) is 9.69. The second kappa shape index (κ2) is 3.50. The molecule has 4 rings (SSSR count). The molecule has 0 aromatic rings. The van der Waals surface area contributed by atoms with Crippen LogP contribution >= 0.6 is 0 Å². The maximum Gasteiger partial charge on any atom is 0.0848 e. The first-order valence-corrected chi connectivity index (χ1v) is 6.24. The molecular formula is C13H20N2. The summed E-state index contributed by atoms with van der Waals surface area (Å²) in [6, 6.07) is 0.111. The highest BCUT2D eigenvalue weighted by Crippen LogP contribution is 2.57. The molecule has 0 radical (unpaired) electrons. The fraction of sp³-hybridized carbons (Fsp3) is 0.846. The second-order valence-electron chi connectivity index (χ2n) is 5.82. The average Bonchev–Trinajstić information content (AvgIpc) is 2.22. The number of hydrazine groups is 1. The molecular weight excluding hydrogens is 184 g/mol. The van der Waals surface area contributed by atoms with Crippen LogP contribution in [0.3, 0.4) is 0 Å². The third-order valence-electron chi connectivity index (χ3n) is 5.04.